The van der Waals surface area contributed by atoms with E-state index in [0.717, 1.165) is 23.4 Å². The van der Waals surface area contributed by atoms with Crippen molar-refractivity contribution in [3.05, 3.63) is 29.5 Å². The molecule has 2 aliphatic rings. The van der Waals surface area contributed by atoms with Gasteiger partial charge in [-0.25, -0.2) is 4.79 Å². The highest BCUT2D eigenvalue weighted by atomic mass is 16.6. The lowest BCUT2D eigenvalue weighted by Gasteiger charge is -2.26. The average Bonchev–Trinajstić information content (AvgIpc) is 2.97. The second-order valence-electron chi connectivity index (χ2n) is 5.06. The van der Waals surface area contributed by atoms with Gasteiger partial charge in [0.1, 0.15) is 12.4 Å². The van der Waals surface area contributed by atoms with Crippen LogP contribution < -0.4 is 4.74 Å². The molecule has 1 aromatic carbocycles. The molecular formula is C14H14N2O3. The van der Waals surface area contributed by atoms with Gasteiger partial charge in [-0.1, -0.05) is 0 Å². The second-order valence-corrected chi connectivity index (χ2v) is 5.06. The summed E-state index contributed by atoms with van der Waals surface area (Å²) in [7, 11) is 1.67. The number of aromatic amines is 1. The van der Waals surface area contributed by atoms with Crippen LogP contribution in [0.3, 0.4) is 0 Å². The molecule has 1 fully saturated rings. The summed E-state index contributed by atoms with van der Waals surface area (Å²) in [4.78, 5) is 16.8. The zero-order chi connectivity index (χ0) is 13.0. The Morgan fingerprint density at radius 3 is 3.21 bits per heavy atom. The van der Waals surface area contributed by atoms with E-state index in [1.54, 1.807) is 12.0 Å². The fourth-order valence-corrected chi connectivity index (χ4v) is 3.04. The number of carbonyl (C=O) groups is 1. The van der Waals surface area contributed by atoms with Crippen LogP contribution in [-0.4, -0.2) is 35.7 Å². The smallest absolute Gasteiger partial charge is 0.410 e. The van der Waals surface area contributed by atoms with E-state index in [4.69, 9.17) is 9.47 Å². The molecule has 1 amide bonds. The van der Waals surface area contributed by atoms with Crippen molar-refractivity contribution in [3.8, 4) is 5.75 Å². The lowest BCUT2D eigenvalue weighted by atomic mass is 9.98. The normalized spacial score (nSPS) is 21.2. The molecular weight excluding hydrogens is 244 g/mol. The summed E-state index contributed by atoms with van der Waals surface area (Å²) in [5, 5.41) is 1.19. The zero-order valence-corrected chi connectivity index (χ0v) is 10.6. The number of hydrogen-bond donors (Lipinski definition) is 1. The number of rotatable bonds is 1. The van der Waals surface area contributed by atoms with E-state index in [1.807, 2.05) is 12.1 Å². The van der Waals surface area contributed by atoms with E-state index in [-0.39, 0.29) is 12.1 Å². The first-order valence-electron chi connectivity index (χ1n) is 6.37. The standard InChI is InChI=1S/C14H14N2O3/c1-18-9-2-3-12-11(5-9)10-4-8-7-19-14(17)16(8)6-13(10)15-12/h2-3,5,8,15H,4,6-7H2,1H3. The first-order chi connectivity index (χ1) is 9.26. The molecule has 0 aliphatic carbocycles. The van der Waals surface area contributed by atoms with Gasteiger partial charge in [-0.3, -0.25) is 4.90 Å². The first-order valence-corrected chi connectivity index (χ1v) is 6.37. The molecule has 1 saturated heterocycles. The van der Waals surface area contributed by atoms with E-state index >= 15 is 0 Å². The maximum absolute atomic E-state index is 11.6. The summed E-state index contributed by atoms with van der Waals surface area (Å²) in [5.74, 6) is 0.857. The topological polar surface area (TPSA) is 54.6 Å². The van der Waals surface area contributed by atoms with Gasteiger partial charge in [-0.2, -0.15) is 0 Å². The van der Waals surface area contributed by atoms with Gasteiger partial charge in [0.05, 0.1) is 19.7 Å². The Kier molecular flexibility index (Phi) is 2.07. The SMILES string of the molecule is COc1ccc2[nH]c3c(c2c1)CC1COC(=O)N1C3. The third kappa shape index (κ3) is 1.44. The molecule has 0 bridgehead atoms. The number of amides is 1. The van der Waals surface area contributed by atoms with Crippen molar-refractivity contribution in [1.82, 2.24) is 9.88 Å². The predicted molar refractivity (Wildman–Crippen MR) is 69.2 cm³/mol. The van der Waals surface area contributed by atoms with Gasteiger partial charge < -0.3 is 14.5 Å². The third-order valence-corrected chi connectivity index (χ3v) is 4.04. The van der Waals surface area contributed by atoms with Gasteiger partial charge in [0.15, 0.2) is 0 Å². The van der Waals surface area contributed by atoms with Crippen molar-refractivity contribution in [2.45, 2.75) is 19.0 Å². The number of carbonyl (C=O) groups excluding carboxylic acids is 1. The van der Waals surface area contributed by atoms with Gasteiger partial charge in [0.25, 0.3) is 0 Å². The van der Waals surface area contributed by atoms with Crippen LogP contribution in [0.1, 0.15) is 11.3 Å². The number of nitrogens with one attached hydrogen (secondary N) is 1. The van der Waals surface area contributed by atoms with Gasteiger partial charge in [-0.15, -0.1) is 0 Å². The van der Waals surface area contributed by atoms with Gasteiger partial charge in [0.2, 0.25) is 0 Å². The van der Waals surface area contributed by atoms with E-state index < -0.39 is 0 Å². The largest absolute Gasteiger partial charge is 0.497 e. The molecule has 0 radical (unpaired) electrons. The molecule has 5 nitrogen and oxygen atoms in total. The van der Waals surface area contributed by atoms with Gasteiger partial charge in [0, 0.05) is 16.6 Å². The number of H-pyrrole nitrogens is 1. The lowest BCUT2D eigenvalue weighted by Crippen LogP contribution is -2.38. The van der Waals surface area contributed by atoms with Crippen LogP contribution in [-0.2, 0) is 17.7 Å². The zero-order valence-electron chi connectivity index (χ0n) is 10.6. The number of methoxy groups -OCH3 is 1. The van der Waals surface area contributed by atoms with Crippen molar-refractivity contribution in [2.75, 3.05) is 13.7 Å². The Morgan fingerprint density at radius 1 is 1.47 bits per heavy atom. The fraction of sp³-hybridized carbons (Fsp3) is 0.357. The molecule has 98 valence electrons. The van der Waals surface area contributed by atoms with Crippen LogP contribution in [0, 0.1) is 0 Å². The molecule has 1 unspecified atom stereocenters. The maximum Gasteiger partial charge on any atom is 0.410 e. The summed E-state index contributed by atoms with van der Waals surface area (Å²) >= 11 is 0. The van der Waals surface area contributed by atoms with E-state index in [1.165, 1.54) is 10.9 Å². The number of cyclic esters (lactones) is 1. The van der Waals surface area contributed by atoms with Crippen LogP contribution >= 0.6 is 0 Å². The molecule has 0 spiro atoms. The van der Waals surface area contributed by atoms with Crippen LogP contribution in [0.25, 0.3) is 10.9 Å². The maximum atomic E-state index is 11.6. The van der Waals surface area contributed by atoms with Crippen LogP contribution in [0.4, 0.5) is 4.79 Å². The highest BCUT2D eigenvalue weighted by Crippen LogP contribution is 2.34. The molecule has 1 aromatic heterocycles. The Morgan fingerprint density at radius 2 is 2.37 bits per heavy atom. The number of aromatic nitrogens is 1. The molecule has 2 aromatic rings. The van der Waals surface area contributed by atoms with E-state index in [0.29, 0.717) is 13.2 Å². The molecule has 2 aliphatic heterocycles. The Labute approximate surface area is 110 Å². The summed E-state index contributed by atoms with van der Waals surface area (Å²) in [5.41, 5.74) is 3.49. The molecule has 1 atom stereocenters. The number of nitrogens with zero attached hydrogens (tertiary/aromatic N) is 1. The first kappa shape index (κ1) is 10.7. The summed E-state index contributed by atoms with van der Waals surface area (Å²) in [6, 6.07) is 6.19. The highest BCUT2D eigenvalue weighted by Gasteiger charge is 2.38. The van der Waals surface area contributed by atoms with E-state index in [2.05, 4.69) is 11.1 Å². The molecule has 0 saturated carbocycles. The molecule has 5 heteroatoms. The van der Waals surface area contributed by atoms with Crippen LogP contribution in [0.15, 0.2) is 18.2 Å². The summed E-state index contributed by atoms with van der Waals surface area (Å²) in [6.45, 7) is 1.10. The highest BCUT2D eigenvalue weighted by molar-refractivity contribution is 5.87. The van der Waals surface area contributed by atoms with Crippen LogP contribution in [0.5, 0.6) is 5.75 Å². The number of fused-ring (bicyclic) bond motifs is 4. The van der Waals surface area contributed by atoms with Crippen molar-refractivity contribution in [1.29, 1.82) is 0 Å². The van der Waals surface area contributed by atoms with Crippen molar-refractivity contribution < 1.29 is 14.3 Å². The Bertz CT molecular complexity index is 677. The molecule has 4 rings (SSSR count). The van der Waals surface area contributed by atoms with Crippen molar-refractivity contribution >= 4 is 17.0 Å². The lowest BCUT2D eigenvalue weighted by molar-refractivity contribution is 0.155. The molecule has 19 heavy (non-hydrogen) atoms. The fourth-order valence-electron chi connectivity index (χ4n) is 3.04. The third-order valence-electron chi connectivity index (χ3n) is 4.04. The molecule has 3 heterocycles. The summed E-state index contributed by atoms with van der Waals surface area (Å²) in [6.07, 6.45) is 0.640. The number of ether oxygens (including phenoxy) is 2. The predicted octanol–water partition coefficient (Wildman–Crippen LogP) is 2.05. The van der Waals surface area contributed by atoms with Crippen molar-refractivity contribution in [3.63, 3.8) is 0 Å². The monoisotopic (exact) mass is 258 g/mol. The quantitative estimate of drug-likeness (QED) is 0.851. The number of benzene rings is 1. The minimum absolute atomic E-state index is 0.171. The van der Waals surface area contributed by atoms with Crippen LogP contribution in [0.2, 0.25) is 0 Å². The summed E-state index contributed by atoms with van der Waals surface area (Å²) < 4.78 is 10.4. The minimum Gasteiger partial charge on any atom is -0.497 e. The average molecular weight is 258 g/mol. The van der Waals surface area contributed by atoms with Gasteiger partial charge in [-0.05, 0) is 30.2 Å². The number of hydrogen-bond acceptors (Lipinski definition) is 3. The second kappa shape index (κ2) is 3.66. The Hall–Kier alpha value is -2.17. The minimum atomic E-state index is -0.202. The Balaban J connectivity index is 1.85. The van der Waals surface area contributed by atoms with Crippen molar-refractivity contribution in [2.24, 2.45) is 0 Å². The molecule has 1 N–H and O–H groups in total. The van der Waals surface area contributed by atoms with Gasteiger partial charge >= 0.3 is 6.09 Å². The van der Waals surface area contributed by atoms with E-state index in [9.17, 15) is 4.79 Å².